The molecule has 1 aliphatic rings. The van der Waals surface area contributed by atoms with Crippen LogP contribution < -0.4 is 10.6 Å². The third-order valence-corrected chi connectivity index (χ3v) is 3.33. The van der Waals surface area contributed by atoms with E-state index in [0.29, 0.717) is 36.4 Å². The van der Waals surface area contributed by atoms with Gasteiger partial charge in [0, 0.05) is 30.4 Å². The maximum Gasteiger partial charge on any atom is 0.150 e. The van der Waals surface area contributed by atoms with Crippen LogP contribution in [0.25, 0.3) is 10.9 Å². The number of β-amino-alcohol motifs (C(OH)–C–C–N with tert-alkyl or cyclic N) is 1. The summed E-state index contributed by atoms with van der Waals surface area (Å²) in [5.41, 5.74) is 7.19. The van der Waals surface area contributed by atoms with Crippen LogP contribution in [0.5, 0.6) is 0 Å². The van der Waals surface area contributed by atoms with Gasteiger partial charge in [-0.15, -0.1) is 0 Å². The third kappa shape index (κ3) is 1.67. The first-order valence-corrected chi connectivity index (χ1v) is 5.92. The number of nitrogens with zero attached hydrogens (tertiary/aromatic N) is 2. The van der Waals surface area contributed by atoms with Gasteiger partial charge in [0.2, 0.25) is 0 Å². The fraction of sp³-hybridized carbons (Fsp3) is 0.308. The Morgan fingerprint density at radius 2 is 2.33 bits per heavy atom. The Bertz CT molecular complexity index is 602. The fourth-order valence-corrected chi connectivity index (χ4v) is 2.47. The highest BCUT2D eigenvalue weighted by atomic mass is 19.1. The van der Waals surface area contributed by atoms with Crippen LogP contribution in [0.15, 0.2) is 24.4 Å². The van der Waals surface area contributed by atoms with Gasteiger partial charge in [-0.05, 0) is 24.6 Å². The van der Waals surface area contributed by atoms with Crippen molar-refractivity contribution in [2.45, 2.75) is 12.5 Å². The quantitative estimate of drug-likeness (QED) is 0.750. The van der Waals surface area contributed by atoms with E-state index in [-0.39, 0.29) is 5.82 Å². The van der Waals surface area contributed by atoms with Gasteiger partial charge in [-0.2, -0.15) is 0 Å². The van der Waals surface area contributed by atoms with Gasteiger partial charge in [-0.1, -0.05) is 0 Å². The molecule has 5 heteroatoms. The Hall–Kier alpha value is -1.88. The number of aliphatic hydroxyl groups excluding tert-OH is 1. The number of aromatic nitrogens is 1. The summed E-state index contributed by atoms with van der Waals surface area (Å²) in [4.78, 5) is 6.06. The molecular weight excluding hydrogens is 233 g/mol. The van der Waals surface area contributed by atoms with Gasteiger partial charge < -0.3 is 15.7 Å². The molecule has 1 atom stereocenters. The molecule has 1 aromatic heterocycles. The number of pyridine rings is 1. The molecule has 3 rings (SSSR count). The monoisotopic (exact) mass is 247 g/mol. The lowest BCUT2D eigenvalue weighted by atomic mass is 10.1. The predicted molar refractivity (Wildman–Crippen MR) is 69.0 cm³/mol. The van der Waals surface area contributed by atoms with E-state index in [0.717, 1.165) is 5.39 Å². The van der Waals surface area contributed by atoms with Crippen molar-refractivity contribution in [1.29, 1.82) is 0 Å². The molecule has 0 radical (unpaired) electrons. The van der Waals surface area contributed by atoms with E-state index >= 15 is 0 Å². The van der Waals surface area contributed by atoms with Gasteiger partial charge in [0.25, 0.3) is 0 Å². The standard InChI is InChI=1S/C13H14FN3O/c14-10-6-11(15)9-2-1-4-16-12(9)13(10)17-5-3-8(18)7-17/h1-2,4,6,8,18H,3,5,7,15H2. The minimum atomic E-state index is -0.402. The molecule has 1 saturated heterocycles. The van der Waals surface area contributed by atoms with Crippen molar-refractivity contribution in [3.63, 3.8) is 0 Å². The van der Waals surface area contributed by atoms with Gasteiger partial charge in [0.05, 0.1) is 17.3 Å². The number of hydrogen-bond acceptors (Lipinski definition) is 4. The average molecular weight is 247 g/mol. The van der Waals surface area contributed by atoms with Gasteiger partial charge in [0.15, 0.2) is 5.82 Å². The molecule has 94 valence electrons. The van der Waals surface area contributed by atoms with Crippen LogP contribution in [0.3, 0.4) is 0 Å². The zero-order valence-electron chi connectivity index (χ0n) is 9.81. The molecule has 0 aliphatic carbocycles. The Morgan fingerprint density at radius 3 is 3.06 bits per heavy atom. The van der Waals surface area contributed by atoms with E-state index in [2.05, 4.69) is 4.98 Å². The van der Waals surface area contributed by atoms with Crippen LogP contribution in [0.1, 0.15) is 6.42 Å². The van der Waals surface area contributed by atoms with Crippen molar-refractivity contribution < 1.29 is 9.50 Å². The highest BCUT2D eigenvalue weighted by Gasteiger charge is 2.25. The molecule has 0 spiro atoms. The van der Waals surface area contributed by atoms with E-state index in [1.807, 2.05) is 11.0 Å². The molecule has 1 aliphatic heterocycles. The Kier molecular flexibility index (Phi) is 2.56. The second-order valence-corrected chi connectivity index (χ2v) is 4.58. The summed E-state index contributed by atoms with van der Waals surface area (Å²) in [6.07, 6.45) is 1.87. The van der Waals surface area contributed by atoms with Crippen LogP contribution in [0.2, 0.25) is 0 Å². The number of fused-ring (bicyclic) bond motifs is 1. The summed E-state index contributed by atoms with van der Waals surface area (Å²) >= 11 is 0. The van der Waals surface area contributed by atoms with Crippen molar-refractivity contribution >= 4 is 22.3 Å². The van der Waals surface area contributed by atoms with E-state index in [9.17, 15) is 9.50 Å². The summed E-state index contributed by atoms with van der Waals surface area (Å²) in [5, 5.41) is 10.3. The molecule has 0 amide bonds. The number of halogens is 1. The molecule has 4 nitrogen and oxygen atoms in total. The zero-order valence-corrected chi connectivity index (χ0v) is 9.81. The van der Waals surface area contributed by atoms with Gasteiger partial charge in [0.1, 0.15) is 0 Å². The van der Waals surface area contributed by atoms with Crippen LogP contribution in [-0.2, 0) is 0 Å². The van der Waals surface area contributed by atoms with Gasteiger partial charge in [-0.25, -0.2) is 4.39 Å². The maximum atomic E-state index is 14.1. The van der Waals surface area contributed by atoms with Gasteiger partial charge in [-0.3, -0.25) is 4.98 Å². The molecule has 18 heavy (non-hydrogen) atoms. The molecule has 0 bridgehead atoms. The van der Waals surface area contributed by atoms with E-state index in [1.54, 1.807) is 12.3 Å². The number of aliphatic hydroxyl groups is 1. The molecule has 2 aromatic rings. The number of anilines is 2. The normalized spacial score (nSPS) is 19.7. The molecule has 1 aromatic carbocycles. The van der Waals surface area contributed by atoms with E-state index in [4.69, 9.17) is 5.73 Å². The number of benzene rings is 1. The van der Waals surface area contributed by atoms with E-state index in [1.165, 1.54) is 6.07 Å². The largest absolute Gasteiger partial charge is 0.398 e. The van der Waals surface area contributed by atoms with Gasteiger partial charge >= 0.3 is 0 Å². The van der Waals surface area contributed by atoms with E-state index < -0.39 is 6.10 Å². The summed E-state index contributed by atoms with van der Waals surface area (Å²) in [6.45, 7) is 1.07. The number of nitrogen functional groups attached to an aromatic ring is 1. The SMILES string of the molecule is Nc1cc(F)c(N2CCC(O)C2)c2ncccc12. The topological polar surface area (TPSA) is 62.4 Å². The molecule has 3 N–H and O–H groups in total. The number of rotatable bonds is 1. The second kappa shape index (κ2) is 4.10. The fourth-order valence-electron chi connectivity index (χ4n) is 2.47. The first-order chi connectivity index (χ1) is 8.66. The number of nitrogens with two attached hydrogens (primary N) is 1. The zero-order chi connectivity index (χ0) is 12.7. The predicted octanol–water partition coefficient (Wildman–Crippen LogP) is 1.53. The smallest absolute Gasteiger partial charge is 0.150 e. The molecule has 0 saturated carbocycles. The first-order valence-electron chi connectivity index (χ1n) is 5.92. The van der Waals surface area contributed by atoms with Crippen LogP contribution >= 0.6 is 0 Å². The average Bonchev–Trinajstić information content (AvgIpc) is 2.76. The molecular formula is C13H14FN3O. The summed E-state index contributed by atoms with van der Waals surface area (Å²) in [5.74, 6) is -0.382. The van der Waals surface area contributed by atoms with Crippen molar-refractivity contribution in [3.8, 4) is 0 Å². The lowest BCUT2D eigenvalue weighted by Crippen LogP contribution is -2.23. The lowest BCUT2D eigenvalue weighted by Gasteiger charge is -2.20. The Morgan fingerprint density at radius 1 is 1.50 bits per heavy atom. The minimum absolute atomic E-state index is 0.382. The van der Waals surface area contributed by atoms with Crippen LogP contribution in [-0.4, -0.2) is 29.3 Å². The Balaban J connectivity index is 2.21. The lowest BCUT2D eigenvalue weighted by molar-refractivity contribution is 0.198. The van der Waals surface area contributed by atoms with Crippen molar-refractivity contribution in [2.75, 3.05) is 23.7 Å². The third-order valence-electron chi connectivity index (χ3n) is 3.33. The van der Waals surface area contributed by atoms with Crippen LogP contribution in [0, 0.1) is 5.82 Å². The van der Waals surface area contributed by atoms with Crippen molar-refractivity contribution in [2.24, 2.45) is 0 Å². The summed E-state index contributed by atoms with van der Waals surface area (Å²) in [7, 11) is 0. The molecule has 1 unspecified atom stereocenters. The molecule has 1 fully saturated rings. The van der Waals surface area contributed by atoms with Crippen LogP contribution in [0.4, 0.5) is 15.8 Å². The molecule has 2 heterocycles. The first kappa shape index (κ1) is 11.2. The second-order valence-electron chi connectivity index (χ2n) is 4.58. The maximum absolute atomic E-state index is 14.1. The summed E-state index contributed by atoms with van der Waals surface area (Å²) in [6, 6.07) is 4.93. The number of hydrogen-bond donors (Lipinski definition) is 2. The highest BCUT2D eigenvalue weighted by molar-refractivity contribution is 5.99. The summed E-state index contributed by atoms with van der Waals surface area (Å²) < 4.78 is 14.1. The minimum Gasteiger partial charge on any atom is -0.398 e. The highest BCUT2D eigenvalue weighted by Crippen LogP contribution is 2.34. The van der Waals surface area contributed by atoms with Crippen molar-refractivity contribution in [3.05, 3.63) is 30.2 Å². The van der Waals surface area contributed by atoms with Crippen molar-refractivity contribution in [1.82, 2.24) is 4.98 Å². The Labute approximate surface area is 104 Å².